The number of nitrogens with zero attached hydrogens (tertiary/aromatic N) is 3. The number of carbonyl (C=O) groups excluding carboxylic acids is 2. The molecule has 0 aliphatic carbocycles. The number of hydrogen-bond acceptors (Lipinski definition) is 4. The number of benzene rings is 1. The molecule has 0 unspecified atom stereocenters. The molecule has 3 rings (SSSR count). The Morgan fingerprint density at radius 1 is 1.18 bits per heavy atom. The van der Waals surface area contributed by atoms with Gasteiger partial charge in [0.2, 0.25) is 0 Å². The van der Waals surface area contributed by atoms with E-state index in [1.54, 1.807) is 48.0 Å². The van der Waals surface area contributed by atoms with Crippen LogP contribution in [-0.2, 0) is 12.5 Å². The molecule has 6 nitrogen and oxygen atoms in total. The molecule has 1 fully saturated rings. The van der Waals surface area contributed by atoms with E-state index in [0.29, 0.717) is 24.3 Å². The van der Waals surface area contributed by atoms with Gasteiger partial charge in [0.15, 0.2) is 5.78 Å². The number of piperidine rings is 1. The number of Topliss-reactive ketones (excluding diaryl/α,β-unsaturated/α-hetero) is 1. The maximum atomic E-state index is 13.1. The molecule has 2 aromatic rings. The zero-order valence-electron chi connectivity index (χ0n) is 17.4. The number of aryl methyl sites for hydroxylation is 1. The standard InChI is InChI=1S/C22H29N3O3/c1-22(2,3)19-13-18(24(4)23-19)21(27)25-12-6-7-16(14-25)20(26)15-8-10-17(28-5)11-9-15/h8-11,13,16H,6-7,12,14H2,1-5H3/t16-/m0/s1. The normalized spacial score (nSPS) is 17.5. The molecule has 1 aliphatic heterocycles. The van der Waals surface area contributed by atoms with Crippen LogP contribution < -0.4 is 4.74 Å². The second kappa shape index (κ2) is 7.78. The number of likely N-dealkylation sites (tertiary alicyclic amines) is 1. The predicted molar refractivity (Wildman–Crippen MR) is 108 cm³/mol. The van der Waals surface area contributed by atoms with Crippen LogP contribution in [0.5, 0.6) is 5.75 Å². The van der Waals surface area contributed by atoms with Crippen molar-refractivity contribution in [2.24, 2.45) is 13.0 Å². The Balaban J connectivity index is 1.74. The summed E-state index contributed by atoms with van der Waals surface area (Å²) in [5, 5.41) is 4.51. The van der Waals surface area contributed by atoms with Gasteiger partial charge >= 0.3 is 0 Å². The van der Waals surface area contributed by atoms with Crippen molar-refractivity contribution in [3.63, 3.8) is 0 Å². The van der Waals surface area contributed by atoms with Crippen molar-refractivity contribution in [2.45, 2.75) is 39.0 Å². The van der Waals surface area contributed by atoms with Crippen LogP contribution in [0, 0.1) is 5.92 Å². The molecule has 28 heavy (non-hydrogen) atoms. The third kappa shape index (κ3) is 4.11. The minimum atomic E-state index is -0.179. The molecule has 0 saturated carbocycles. The summed E-state index contributed by atoms with van der Waals surface area (Å²) < 4.78 is 6.81. The molecule has 0 spiro atoms. The number of hydrogen-bond donors (Lipinski definition) is 0. The molecule has 1 aliphatic rings. The average Bonchev–Trinajstić information content (AvgIpc) is 3.09. The van der Waals surface area contributed by atoms with Crippen LogP contribution in [0.25, 0.3) is 0 Å². The minimum Gasteiger partial charge on any atom is -0.497 e. The first-order valence-electron chi connectivity index (χ1n) is 9.72. The Morgan fingerprint density at radius 2 is 1.86 bits per heavy atom. The van der Waals surface area contributed by atoms with Crippen LogP contribution in [0.3, 0.4) is 0 Å². The number of ketones is 1. The van der Waals surface area contributed by atoms with Crippen LogP contribution in [0.4, 0.5) is 0 Å². The van der Waals surface area contributed by atoms with Crippen LogP contribution >= 0.6 is 0 Å². The van der Waals surface area contributed by atoms with Crippen LogP contribution in [0.2, 0.25) is 0 Å². The van der Waals surface area contributed by atoms with E-state index in [-0.39, 0.29) is 23.0 Å². The maximum Gasteiger partial charge on any atom is 0.272 e. The molecule has 0 bridgehead atoms. The number of aromatic nitrogens is 2. The van der Waals surface area contributed by atoms with Gasteiger partial charge in [-0.05, 0) is 43.2 Å². The van der Waals surface area contributed by atoms with Crippen molar-refractivity contribution in [1.82, 2.24) is 14.7 Å². The fraction of sp³-hybridized carbons (Fsp3) is 0.500. The third-order valence-electron chi connectivity index (χ3n) is 5.32. The third-order valence-corrected chi connectivity index (χ3v) is 5.32. The van der Waals surface area contributed by atoms with E-state index < -0.39 is 0 Å². The highest BCUT2D eigenvalue weighted by atomic mass is 16.5. The maximum absolute atomic E-state index is 13.1. The lowest BCUT2D eigenvalue weighted by Crippen LogP contribution is -2.43. The highest BCUT2D eigenvalue weighted by molar-refractivity contribution is 5.99. The molecule has 1 atom stereocenters. The summed E-state index contributed by atoms with van der Waals surface area (Å²) in [6.45, 7) is 7.34. The van der Waals surface area contributed by atoms with Gasteiger partial charge < -0.3 is 9.64 Å². The summed E-state index contributed by atoms with van der Waals surface area (Å²) >= 11 is 0. The summed E-state index contributed by atoms with van der Waals surface area (Å²) in [5.41, 5.74) is 2.00. The quantitative estimate of drug-likeness (QED) is 0.759. The van der Waals surface area contributed by atoms with Gasteiger partial charge in [-0.2, -0.15) is 5.10 Å². The topological polar surface area (TPSA) is 64.4 Å². The molecule has 2 heterocycles. The molecule has 1 saturated heterocycles. The number of rotatable bonds is 4. The van der Waals surface area contributed by atoms with E-state index in [1.807, 2.05) is 6.07 Å². The molecular weight excluding hydrogens is 354 g/mol. The van der Waals surface area contributed by atoms with Crippen molar-refractivity contribution in [2.75, 3.05) is 20.2 Å². The van der Waals surface area contributed by atoms with Crippen molar-refractivity contribution < 1.29 is 14.3 Å². The van der Waals surface area contributed by atoms with Gasteiger partial charge in [-0.25, -0.2) is 0 Å². The highest BCUT2D eigenvalue weighted by Gasteiger charge is 2.31. The van der Waals surface area contributed by atoms with Gasteiger partial charge in [-0.15, -0.1) is 0 Å². The zero-order chi connectivity index (χ0) is 20.5. The van der Waals surface area contributed by atoms with Gasteiger partial charge in [0.1, 0.15) is 11.4 Å². The molecular formula is C22H29N3O3. The van der Waals surface area contributed by atoms with Crippen LogP contribution in [0.15, 0.2) is 30.3 Å². The van der Waals surface area contributed by atoms with E-state index in [0.717, 1.165) is 24.3 Å². The van der Waals surface area contributed by atoms with Crippen molar-refractivity contribution in [3.8, 4) is 5.75 Å². The molecule has 0 N–H and O–H groups in total. The summed E-state index contributed by atoms with van der Waals surface area (Å²) in [6.07, 6.45) is 1.62. The SMILES string of the molecule is COc1ccc(C(=O)[C@H]2CCCN(C(=O)c3cc(C(C)(C)C)nn3C)C2)cc1. The smallest absolute Gasteiger partial charge is 0.272 e. The Morgan fingerprint density at radius 3 is 2.43 bits per heavy atom. The molecule has 6 heteroatoms. The number of amides is 1. The Hall–Kier alpha value is -2.63. The minimum absolute atomic E-state index is 0.0577. The van der Waals surface area contributed by atoms with E-state index >= 15 is 0 Å². The highest BCUT2D eigenvalue weighted by Crippen LogP contribution is 2.25. The average molecular weight is 383 g/mol. The molecule has 1 aromatic heterocycles. The van der Waals surface area contributed by atoms with E-state index in [4.69, 9.17) is 4.74 Å². The van der Waals surface area contributed by atoms with Gasteiger partial charge in [0.05, 0.1) is 12.8 Å². The molecule has 150 valence electrons. The summed E-state index contributed by atoms with van der Waals surface area (Å²) in [6, 6.07) is 9.04. The first-order valence-corrected chi connectivity index (χ1v) is 9.72. The Labute approximate surface area is 166 Å². The van der Waals surface area contributed by atoms with Crippen LogP contribution in [0.1, 0.15) is 60.2 Å². The first-order chi connectivity index (χ1) is 13.2. The molecule has 1 aromatic carbocycles. The summed E-state index contributed by atoms with van der Waals surface area (Å²) in [5.74, 6) is 0.572. The fourth-order valence-electron chi connectivity index (χ4n) is 3.56. The van der Waals surface area contributed by atoms with E-state index in [2.05, 4.69) is 25.9 Å². The second-order valence-corrected chi connectivity index (χ2v) is 8.47. The van der Waals surface area contributed by atoms with Crippen molar-refractivity contribution >= 4 is 11.7 Å². The monoisotopic (exact) mass is 383 g/mol. The largest absolute Gasteiger partial charge is 0.497 e. The second-order valence-electron chi connectivity index (χ2n) is 8.47. The first kappa shape index (κ1) is 20.1. The lowest BCUT2D eigenvalue weighted by molar-refractivity contribution is 0.0628. The van der Waals surface area contributed by atoms with Gasteiger partial charge in [0, 0.05) is 37.0 Å². The van der Waals surface area contributed by atoms with Gasteiger partial charge in [-0.3, -0.25) is 14.3 Å². The number of ether oxygens (including phenoxy) is 1. The summed E-state index contributed by atoms with van der Waals surface area (Å²) in [4.78, 5) is 27.8. The van der Waals surface area contributed by atoms with Gasteiger partial charge in [-0.1, -0.05) is 20.8 Å². The van der Waals surface area contributed by atoms with Crippen molar-refractivity contribution in [1.29, 1.82) is 0 Å². The lowest BCUT2D eigenvalue weighted by atomic mass is 9.89. The summed E-state index contributed by atoms with van der Waals surface area (Å²) in [7, 11) is 3.40. The number of methoxy groups -OCH3 is 1. The zero-order valence-corrected chi connectivity index (χ0v) is 17.4. The lowest BCUT2D eigenvalue weighted by Gasteiger charge is -2.32. The molecule has 1 amide bonds. The predicted octanol–water partition coefficient (Wildman–Crippen LogP) is 3.46. The van der Waals surface area contributed by atoms with E-state index in [9.17, 15) is 9.59 Å². The Bertz CT molecular complexity index is 862. The molecule has 0 radical (unpaired) electrons. The Kier molecular flexibility index (Phi) is 5.59. The number of carbonyl (C=O) groups is 2. The van der Waals surface area contributed by atoms with Crippen LogP contribution in [-0.4, -0.2) is 46.6 Å². The van der Waals surface area contributed by atoms with E-state index in [1.165, 1.54) is 0 Å². The fourth-order valence-corrected chi connectivity index (χ4v) is 3.56. The van der Waals surface area contributed by atoms with Gasteiger partial charge in [0.25, 0.3) is 5.91 Å². The van der Waals surface area contributed by atoms with Crippen molar-refractivity contribution in [3.05, 3.63) is 47.3 Å².